The first-order valence-corrected chi connectivity index (χ1v) is 5.52. The molecule has 0 amide bonds. The fraction of sp³-hybridized carbons (Fsp3) is 0.500. The van der Waals surface area contributed by atoms with Crippen LogP contribution in [-0.4, -0.2) is 16.0 Å². The molecule has 1 unspecified atom stereocenters. The van der Waals surface area contributed by atoms with Crippen LogP contribution in [-0.2, 0) is 5.60 Å². The van der Waals surface area contributed by atoms with E-state index in [1.54, 1.807) is 5.38 Å². The number of aromatic nitrogens is 1. The van der Waals surface area contributed by atoms with Crippen LogP contribution in [0.2, 0.25) is 0 Å². The third-order valence-electron chi connectivity index (χ3n) is 2.43. The second kappa shape index (κ2) is 3.35. The smallest absolute Gasteiger partial charge is 0.266 e. The number of allylic oxidation sites excluding steroid dienone is 1. The first-order valence-electron chi connectivity index (χ1n) is 4.65. The molecule has 2 nitrogen and oxygen atoms in total. The molecular weight excluding hydrogens is 220 g/mol. The predicted molar refractivity (Wildman–Crippen MR) is 54.1 cm³/mol. The molecular formula is C10H11F2NOS. The molecule has 1 aromatic rings. The number of rotatable bonds is 1. The summed E-state index contributed by atoms with van der Waals surface area (Å²) in [5, 5.41) is 12.4. The van der Waals surface area contributed by atoms with Crippen molar-refractivity contribution < 1.29 is 13.9 Å². The lowest BCUT2D eigenvalue weighted by Gasteiger charge is -2.28. The minimum Gasteiger partial charge on any atom is -0.379 e. The maximum atomic E-state index is 12.9. The van der Waals surface area contributed by atoms with Gasteiger partial charge in [-0.3, -0.25) is 0 Å². The van der Waals surface area contributed by atoms with E-state index in [9.17, 15) is 13.9 Å². The second-order valence-electron chi connectivity index (χ2n) is 3.81. The van der Waals surface area contributed by atoms with Crippen molar-refractivity contribution >= 4 is 11.3 Å². The maximum absolute atomic E-state index is 12.9. The van der Waals surface area contributed by atoms with Crippen LogP contribution in [0.1, 0.15) is 23.5 Å². The molecule has 1 atom stereocenters. The van der Waals surface area contributed by atoms with Gasteiger partial charge in [-0.25, -0.2) is 13.8 Å². The highest BCUT2D eigenvalue weighted by Gasteiger charge is 2.40. The Bertz CT molecular complexity index is 402. The van der Waals surface area contributed by atoms with E-state index in [-0.39, 0.29) is 12.8 Å². The summed E-state index contributed by atoms with van der Waals surface area (Å²) in [4.78, 5) is 4.13. The Labute approximate surface area is 90.3 Å². The fourth-order valence-electron chi connectivity index (χ4n) is 1.51. The van der Waals surface area contributed by atoms with Crippen LogP contribution in [0.15, 0.2) is 17.5 Å². The van der Waals surface area contributed by atoms with Crippen molar-refractivity contribution in [3.63, 3.8) is 0 Å². The van der Waals surface area contributed by atoms with Crippen molar-refractivity contribution in [2.45, 2.75) is 31.3 Å². The number of aryl methyl sites for hydroxylation is 1. The molecule has 82 valence electrons. The standard InChI is InChI=1S/C10H11F2NOS/c1-7-6-15-8(13-7)9(14)2-4-10(11,12)5-3-9/h2,4,6,14H,3,5H2,1H3. The van der Waals surface area contributed by atoms with E-state index in [2.05, 4.69) is 4.98 Å². The number of aliphatic hydroxyl groups is 1. The van der Waals surface area contributed by atoms with E-state index < -0.39 is 11.5 Å². The quantitative estimate of drug-likeness (QED) is 0.754. The SMILES string of the molecule is Cc1csc(C2(O)C=CC(F)(F)CC2)n1. The third-order valence-corrected chi connectivity index (χ3v) is 3.56. The molecule has 0 bridgehead atoms. The van der Waals surface area contributed by atoms with Crippen molar-refractivity contribution in [1.29, 1.82) is 0 Å². The summed E-state index contributed by atoms with van der Waals surface area (Å²) in [5.41, 5.74) is -0.505. The summed E-state index contributed by atoms with van der Waals surface area (Å²) in [6.07, 6.45) is 1.62. The minimum atomic E-state index is -2.79. The zero-order chi connectivity index (χ0) is 11.1. The van der Waals surface area contributed by atoms with Gasteiger partial charge < -0.3 is 5.11 Å². The summed E-state index contributed by atoms with van der Waals surface area (Å²) >= 11 is 1.30. The molecule has 2 rings (SSSR count). The Morgan fingerprint density at radius 1 is 1.40 bits per heavy atom. The summed E-state index contributed by atoms with van der Waals surface area (Å²) in [5.74, 6) is -2.79. The molecule has 5 heteroatoms. The Morgan fingerprint density at radius 2 is 2.13 bits per heavy atom. The van der Waals surface area contributed by atoms with E-state index in [1.165, 1.54) is 11.3 Å². The largest absolute Gasteiger partial charge is 0.379 e. The molecule has 0 radical (unpaired) electrons. The highest BCUT2D eigenvalue weighted by molar-refractivity contribution is 7.09. The van der Waals surface area contributed by atoms with E-state index >= 15 is 0 Å². The van der Waals surface area contributed by atoms with Gasteiger partial charge in [-0.05, 0) is 25.5 Å². The highest BCUT2D eigenvalue weighted by Crippen LogP contribution is 2.39. The number of nitrogens with zero attached hydrogens (tertiary/aromatic N) is 1. The Hall–Kier alpha value is -0.810. The molecule has 1 aromatic heterocycles. The van der Waals surface area contributed by atoms with Crippen LogP contribution in [0, 0.1) is 6.92 Å². The molecule has 15 heavy (non-hydrogen) atoms. The average molecular weight is 231 g/mol. The molecule has 0 fully saturated rings. The average Bonchev–Trinajstić information content (AvgIpc) is 2.59. The fourth-order valence-corrected chi connectivity index (χ4v) is 2.42. The topological polar surface area (TPSA) is 33.1 Å². The Morgan fingerprint density at radius 3 is 2.60 bits per heavy atom. The molecule has 0 saturated carbocycles. The normalized spacial score (nSPS) is 29.3. The van der Waals surface area contributed by atoms with Gasteiger partial charge in [0.05, 0.1) is 0 Å². The first kappa shape index (κ1) is 10.7. The number of thiazole rings is 1. The van der Waals surface area contributed by atoms with Gasteiger partial charge in [-0.1, -0.05) is 0 Å². The van der Waals surface area contributed by atoms with Crippen LogP contribution in [0.25, 0.3) is 0 Å². The second-order valence-corrected chi connectivity index (χ2v) is 4.67. The Balaban J connectivity index is 2.30. The van der Waals surface area contributed by atoms with Crippen molar-refractivity contribution in [3.05, 3.63) is 28.2 Å². The van der Waals surface area contributed by atoms with Crippen molar-refractivity contribution in [2.75, 3.05) is 0 Å². The molecule has 1 aliphatic rings. The highest BCUT2D eigenvalue weighted by atomic mass is 32.1. The van der Waals surface area contributed by atoms with Gasteiger partial charge >= 0.3 is 0 Å². The number of hydrogen-bond donors (Lipinski definition) is 1. The number of halogens is 2. The lowest BCUT2D eigenvalue weighted by molar-refractivity contribution is -0.0137. The number of hydrogen-bond acceptors (Lipinski definition) is 3. The molecule has 1 heterocycles. The van der Waals surface area contributed by atoms with E-state index in [0.717, 1.165) is 17.8 Å². The lowest BCUT2D eigenvalue weighted by Crippen LogP contribution is -2.31. The van der Waals surface area contributed by atoms with Gasteiger partial charge in [0.1, 0.15) is 10.6 Å². The number of alkyl halides is 2. The van der Waals surface area contributed by atoms with Crippen LogP contribution < -0.4 is 0 Å². The van der Waals surface area contributed by atoms with Crippen molar-refractivity contribution in [3.8, 4) is 0 Å². The zero-order valence-corrected chi connectivity index (χ0v) is 9.02. The third kappa shape index (κ3) is 2.08. The molecule has 0 aromatic carbocycles. The predicted octanol–water partition coefficient (Wildman–Crippen LogP) is 2.62. The summed E-state index contributed by atoms with van der Waals surface area (Å²) < 4.78 is 25.7. The van der Waals surface area contributed by atoms with Gasteiger partial charge in [-0.15, -0.1) is 11.3 Å². The van der Waals surface area contributed by atoms with Crippen LogP contribution in [0.4, 0.5) is 8.78 Å². The monoisotopic (exact) mass is 231 g/mol. The van der Waals surface area contributed by atoms with E-state index in [1.807, 2.05) is 6.92 Å². The molecule has 0 spiro atoms. The summed E-state index contributed by atoms with van der Waals surface area (Å²) in [6.45, 7) is 1.81. The van der Waals surface area contributed by atoms with Gasteiger partial charge in [0.15, 0.2) is 0 Å². The minimum absolute atomic E-state index is 0.0173. The molecule has 1 N–H and O–H groups in total. The van der Waals surface area contributed by atoms with Crippen LogP contribution in [0.5, 0.6) is 0 Å². The maximum Gasteiger partial charge on any atom is 0.266 e. The van der Waals surface area contributed by atoms with Gasteiger partial charge in [0.2, 0.25) is 0 Å². The molecule has 0 saturated heterocycles. The van der Waals surface area contributed by atoms with Crippen LogP contribution >= 0.6 is 11.3 Å². The lowest BCUT2D eigenvalue weighted by atomic mass is 9.90. The van der Waals surface area contributed by atoms with Crippen molar-refractivity contribution in [2.24, 2.45) is 0 Å². The van der Waals surface area contributed by atoms with Gasteiger partial charge in [0.25, 0.3) is 5.92 Å². The van der Waals surface area contributed by atoms with Gasteiger partial charge in [-0.2, -0.15) is 0 Å². The van der Waals surface area contributed by atoms with Crippen molar-refractivity contribution in [1.82, 2.24) is 4.98 Å². The van der Waals surface area contributed by atoms with Gasteiger partial charge in [0, 0.05) is 17.5 Å². The Kier molecular flexibility index (Phi) is 2.39. The summed E-state index contributed by atoms with van der Waals surface area (Å²) in [6, 6.07) is 0. The van der Waals surface area contributed by atoms with E-state index in [0.29, 0.717) is 5.01 Å². The van der Waals surface area contributed by atoms with Crippen LogP contribution in [0.3, 0.4) is 0 Å². The zero-order valence-electron chi connectivity index (χ0n) is 8.20. The first-order chi connectivity index (χ1) is 6.91. The molecule has 0 aliphatic heterocycles. The molecule has 1 aliphatic carbocycles. The summed E-state index contributed by atoms with van der Waals surface area (Å²) in [7, 11) is 0. The van der Waals surface area contributed by atoms with E-state index in [4.69, 9.17) is 0 Å².